The molecule has 3 aromatic rings. The number of fused-ring (bicyclic) bond motifs is 1. The van der Waals surface area contributed by atoms with Gasteiger partial charge in [0.2, 0.25) is 5.95 Å². The molecular weight excluding hydrogens is 348 g/mol. The quantitative estimate of drug-likeness (QED) is 0.605. The van der Waals surface area contributed by atoms with Gasteiger partial charge < -0.3 is 15.4 Å². The molecule has 1 aliphatic carbocycles. The Kier molecular flexibility index (Phi) is 5.90. The standard InChI is InChI=1S/C23H28N4O/c1-28-19-11-7-8-17(16-19)14-15-24-23-26-21-13-6-5-12-20(21)22(27-23)25-18-9-3-2-4-10-18/h5-8,11-13,16,18H,2-4,9-10,14-15H2,1H3,(H2,24,25,26,27). The Morgan fingerprint density at radius 1 is 1.00 bits per heavy atom. The molecule has 0 bridgehead atoms. The lowest BCUT2D eigenvalue weighted by atomic mass is 9.95. The number of methoxy groups -OCH3 is 1. The molecule has 0 saturated heterocycles. The van der Waals surface area contributed by atoms with E-state index in [0.717, 1.165) is 35.4 Å². The van der Waals surface area contributed by atoms with Gasteiger partial charge in [-0.3, -0.25) is 0 Å². The Balaban J connectivity index is 1.48. The predicted molar refractivity (Wildman–Crippen MR) is 115 cm³/mol. The minimum Gasteiger partial charge on any atom is -0.497 e. The number of aromatic nitrogens is 2. The summed E-state index contributed by atoms with van der Waals surface area (Å²) in [6.45, 7) is 0.772. The zero-order valence-corrected chi connectivity index (χ0v) is 16.4. The van der Waals surface area contributed by atoms with Gasteiger partial charge >= 0.3 is 0 Å². The lowest BCUT2D eigenvalue weighted by Crippen LogP contribution is -2.23. The van der Waals surface area contributed by atoms with E-state index >= 15 is 0 Å². The highest BCUT2D eigenvalue weighted by molar-refractivity contribution is 5.90. The van der Waals surface area contributed by atoms with Crippen LogP contribution in [0.5, 0.6) is 5.75 Å². The van der Waals surface area contributed by atoms with Crippen molar-refractivity contribution in [1.82, 2.24) is 9.97 Å². The summed E-state index contributed by atoms with van der Waals surface area (Å²) in [7, 11) is 1.70. The van der Waals surface area contributed by atoms with Gasteiger partial charge in [-0.25, -0.2) is 4.98 Å². The van der Waals surface area contributed by atoms with Crippen molar-refractivity contribution in [2.45, 2.75) is 44.6 Å². The van der Waals surface area contributed by atoms with Crippen LogP contribution in [-0.2, 0) is 6.42 Å². The molecule has 1 aliphatic rings. The van der Waals surface area contributed by atoms with E-state index in [-0.39, 0.29) is 0 Å². The van der Waals surface area contributed by atoms with Crippen LogP contribution in [0.15, 0.2) is 48.5 Å². The number of benzene rings is 2. The molecule has 1 heterocycles. The summed E-state index contributed by atoms with van der Waals surface area (Å²) in [5.41, 5.74) is 2.20. The number of hydrogen-bond donors (Lipinski definition) is 2. The van der Waals surface area contributed by atoms with Crippen LogP contribution in [0.3, 0.4) is 0 Å². The largest absolute Gasteiger partial charge is 0.497 e. The van der Waals surface area contributed by atoms with Crippen molar-refractivity contribution in [2.75, 3.05) is 24.3 Å². The molecule has 28 heavy (non-hydrogen) atoms. The Bertz CT molecular complexity index is 921. The van der Waals surface area contributed by atoms with Crippen LogP contribution >= 0.6 is 0 Å². The van der Waals surface area contributed by atoms with Gasteiger partial charge in [-0.2, -0.15) is 4.98 Å². The second kappa shape index (κ2) is 8.91. The number of hydrogen-bond acceptors (Lipinski definition) is 5. The van der Waals surface area contributed by atoms with E-state index in [0.29, 0.717) is 12.0 Å². The van der Waals surface area contributed by atoms with Crippen LogP contribution in [-0.4, -0.2) is 29.7 Å². The van der Waals surface area contributed by atoms with E-state index in [1.165, 1.54) is 37.7 Å². The highest BCUT2D eigenvalue weighted by Crippen LogP contribution is 2.26. The summed E-state index contributed by atoms with van der Waals surface area (Å²) in [5.74, 6) is 2.51. The second-order valence-electron chi connectivity index (χ2n) is 7.42. The molecule has 4 rings (SSSR count). The number of nitrogens with one attached hydrogen (secondary N) is 2. The Labute approximate surface area is 166 Å². The average Bonchev–Trinajstić information content (AvgIpc) is 2.75. The van der Waals surface area contributed by atoms with E-state index in [9.17, 15) is 0 Å². The van der Waals surface area contributed by atoms with Crippen LogP contribution in [0.4, 0.5) is 11.8 Å². The predicted octanol–water partition coefficient (Wildman–Crippen LogP) is 5.04. The van der Waals surface area contributed by atoms with Crippen molar-refractivity contribution >= 4 is 22.7 Å². The normalized spacial score (nSPS) is 14.8. The van der Waals surface area contributed by atoms with E-state index in [1.54, 1.807) is 7.11 Å². The van der Waals surface area contributed by atoms with Crippen molar-refractivity contribution in [2.24, 2.45) is 0 Å². The first kappa shape index (κ1) is 18.5. The summed E-state index contributed by atoms with van der Waals surface area (Å²) in [6, 6.07) is 16.9. The molecule has 1 aromatic heterocycles. The van der Waals surface area contributed by atoms with Gasteiger partial charge in [0, 0.05) is 18.0 Å². The molecule has 0 radical (unpaired) electrons. The molecule has 5 nitrogen and oxygen atoms in total. The summed E-state index contributed by atoms with van der Waals surface area (Å²) in [5, 5.41) is 8.17. The van der Waals surface area contributed by atoms with Crippen LogP contribution in [0.2, 0.25) is 0 Å². The van der Waals surface area contributed by atoms with E-state index in [2.05, 4.69) is 34.9 Å². The van der Waals surface area contributed by atoms with E-state index in [4.69, 9.17) is 14.7 Å². The number of rotatable bonds is 7. The van der Waals surface area contributed by atoms with Crippen molar-refractivity contribution < 1.29 is 4.74 Å². The number of anilines is 2. The van der Waals surface area contributed by atoms with Crippen LogP contribution < -0.4 is 15.4 Å². The summed E-state index contributed by atoms with van der Waals surface area (Å²) in [4.78, 5) is 9.51. The van der Waals surface area contributed by atoms with Gasteiger partial charge in [-0.1, -0.05) is 43.5 Å². The molecule has 5 heteroatoms. The maximum atomic E-state index is 5.30. The van der Waals surface area contributed by atoms with E-state index in [1.807, 2.05) is 24.3 Å². The maximum absolute atomic E-state index is 5.30. The third kappa shape index (κ3) is 4.53. The minimum absolute atomic E-state index is 0.511. The molecule has 1 fully saturated rings. The second-order valence-corrected chi connectivity index (χ2v) is 7.42. The third-order valence-corrected chi connectivity index (χ3v) is 5.38. The zero-order chi connectivity index (χ0) is 19.2. The highest BCUT2D eigenvalue weighted by atomic mass is 16.5. The average molecular weight is 377 g/mol. The molecular formula is C23H28N4O. The fourth-order valence-electron chi connectivity index (χ4n) is 3.85. The first-order chi connectivity index (χ1) is 13.8. The van der Waals surface area contributed by atoms with Crippen LogP contribution in [0.25, 0.3) is 10.9 Å². The van der Waals surface area contributed by atoms with Gasteiger partial charge in [0.1, 0.15) is 11.6 Å². The van der Waals surface area contributed by atoms with Crippen LogP contribution in [0, 0.1) is 0 Å². The first-order valence-corrected chi connectivity index (χ1v) is 10.2. The molecule has 0 atom stereocenters. The topological polar surface area (TPSA) is 59.1 Å². The molecule has 0 amide bonds. The minimum atomic E-state index is 0.511. The van der Waals surface area contributed by atoms with Gasteiger partial charge in [-0.15, -0.1) is 0 Å². The Morgan fingerprint density at radius 2 is 1.86 bits per heavy atom. The highest BCUT2D eigenvalue weighted by Gasteiger charge is 2.16. The Morgan fingerprint density at radius 3 is 2.71 bits per heavy atom. The smallest absolute Gasteiger partial charge is 0.225 e. The van der Waals surface area contributed by atoms with Gasteiger partial charge in [-0.05, 0) is 49.1 Å². The molecule has 1 saturated carbocycles. The zero-order valence-electron chi connectivity index (χ0n) is 16.4. The van der Waals surface area contributed by atoms with Crippen LogP contribution in [0.1, 0.15) is 37.7 Å². The molecule has 0 aliphatic heterocycles. The molecule has 146 valence electrons. The van der Waals surface area contributed by atoms with Gasteiger partial charge in [0.05, 0.1) is 12.6 Å². The summed E-state index contributed by atoms with van der Waals surface area (Å²) in [6.07, 6.45) is 7.27. The maximum Gasteiger partial charge on any atom is 0.225 e. The molecule has 0 unspecified atom stereocenters. The lowest BCUT2D eigenvalue weighted by molar-refractivity contribution is 0.414. The molecule has 2 N–H and O–H groups in total. The fourth-order valence-corrected chi connectivity index (χ4v) is 3.85. The van der Waals surface area contributed by atoms with Crippen molar-refractivity contribution in [3.8, 4) is 5.75 Å². The van der Waals surface area contributed by atoms with Crippen molar-refractivity contribution in [3.05, 3.63) is 54.1 Å². The Hall–Kier alpha value is -2.82. The molecule has 2 aromatic carbocycles. The SMILES string of the molecule is COc1cccc(CCNc2nc(NC3CCCCC3)c3ccccc3n2)c1. The number of ether oxygens (including phenoxy) is 1. The summed E-state index contributed by atoms with van der Waals surface area (Å²) >= 11 is 0. The monoisotopic (exact) mass is 376 g/mol. The lowest BCUT2D eigenvalue weighted by Gasteiger charge is -2.24. The van der Waals surface area contributed by atoms with Crippen molar-refractivity contribution in [1.29, 1.82) is 0 Å². The molecule has 0 spiro atoms. The number of para-hydroxylation sites is 1. The van der Waals surface area contributed by atoms with Gasteiger partial charge in [0.15, 0.2) is 0 Å². The van der Waals surface area contributed by atoms with Gasteiger partial charge in [0.25, 0.3) is 0 Å². The van der Waals surface area contributed by atoms with E-state index < -0.39 is 0 Å². The first-order valence-electron chi connectivity index (χ1n) is 10.2. The summed E-state index contributed by atoms with van der Waals surface area (Å²) < 4.78 is 5.30. The number of nitrogens with zero attached hydrogens (tertiary/aromatic N) is 2. The third-order valence-electron chi connectivity index (χ3n) is 5.38. The van der Waals surface area contributed by atoms with Crippen molar-refractivity contribution in [3.63, 3.8) is 0 Å². The fraction of sp³-hybridized carbons (Fsp3) is 0.391.